The van der Waals surface area contributed by atoms with E-state index in [1.165, 1.54) is 4.88 Å². The molecule has 3 rings (SSSR count). The Bertz CT molecular complexity index is 679. The van der Waals surface area contributed by atoms with Crippen LogP contribution in [0, 0.1) is 0 Å². The van der Waals surface area contributed by atoms with Crippen LogP contribution in [-0.4, -0.2) is 22.4 Å². The monoisotopic (exact) mass is 304 g/mol. The summed E-state index contributed by atoms with van der Waals surface area (Å²) in [4.78, 5) is 21.4. The summed E-state index contributed by atoms with van der Waals surface area (Å²) in [5, 5.41) is 0. The van der Waals surface area contributed by atoms with Crippen molar-refractivity contribution >= 4 is 40.1 Å². The van der Waals surface area contributed by atoms with Gasteiger partial charge in [0.05, 0.1) is 17.1 Å². The number of carbonyl (C=O) groups is 1. The third kappa shape index (κ3) is 2.41. The summed E-state index contributed by atoms with van der Waals surface area (Å²) in [6.45, 7) is 1.58. The minimum atomic E-state index is 0.0728. The van der Waals surface area contributed by atoms with Gasteiger partial charge >= 0.3 is 0 Å². The Kier molecular flexibility index (Phi) is 3.68. The standard InChI is InChI=1S/C15H13ClN2OS/c1-9(19)10-2-3-14-12(4-10)13(15(6-16)18-14)5-11-7-17-8-20-11/h2-4,7-8,13H,5-6H2,1H3. The highest BCUT2D eigenvalue weighted by Crippen LogP contribution is 2.39. The topological polar surface area (TPSA) is 42.3 Å². The fourth-order valence-electron chi connectivity index (χ4n) is 2.46. The molecular weight excluding hydrogens is 292 g/mol. The van der Waals surface area contributed by atoms with Crippen molar-refractivity contribution in [1.29, 1.82) is 0 Å². The second-order valence-electron chi connectivity index (χ2n) is 4.79. The molecule has 0 saturated heterocycles. The van der Waals surface area contributed by atoms with E-state index in [-0.39, 0.29) is 11.7 Å². The van der Waals surface area contributed by atoms with Crippen LogP contribution in [0.4, 0.5) is 5.69 Å². The van der Waals surface area contributed by atoms with Gasteiger partial charge in [-0.25, -0.2) is 0 Å². The first-order valence-corrected chi connectivity index (χ1v) is 7.76. The lowest BCUT2D eigenvalue weighted by Gasteiger charge is -2.12. The predicted molar refractivity (Wildman–Crippen MR) is 82.8 cm³/mol. The van der Waals surface area contributed by atoms with E-state index in [4.69, 9.17) is 11.6 Å². The van der Waals surface area contributed by atoms with Gasteiger partial charge in [-0.15, -0.1) is 22.9 Å². The third-order valence-corrected chi connectivity index (χ3v) is 4.58. The van der Waals surface area contributed by atoms with E-state index in [0.29, 0.717) is 5.88 Å². The van der Waals surface area contributed by atoms with Crippen molar-refractivity contribution in [3.05, 3.63) is 45.9 Å². The van der Waals surface area contributed by atoms with E-state index in [9.17, 15) is 4.79 Å². The maximum Gasteiger partial charge on any atom is 0.159 e. The summed E-state index contributed by atoms with van der Waals surface area (Å²) in [5.74, 6) is 0.638. The molecule has 20 heavy (non-hydrogen) atoms. The van der Waals surface area contributed by atoms with E-state index in [1.54, 1.807) is 18.3 Å². The van der Waals surface area contributed by atoms with Crippen molar-refractivity contribution in [1.82, 2.24) is 4.98 Å². The number of aliphatic imine (C=N–C) groups is 1. The fraction of sp³-hybridized carbons (Fsp3) is 0.267. The van der Waals surface area contributed by atoms with Gasteiger partial charge in [0, 0.05) is 28.3 Å². The molecule has 102 valence electrons. The lowest BCUT2D eigenvalue weighted by Crippen LogP contribution is -2.12. The number of hydrogen-bond acceptors (Lipinski definition) is 4. The maximum atomic E-state index is 11.5. The van der Waals surface area contributed by atoms with Crippen LogP contribution in [0.2, 0.25) is 0 Å². The first-order chi connectivity index (χ1) is 9.69. The van der Waals surface area contributed by atoms with E-state index < -0.39 is 0 Å². The van der Waals surface area contributed by atoms with Crippen LogP contribution in [0.1, 0.15) is 33.6 Å². The number of thiazole rings is 1. The van der Waals surface area contributed by atoms with Gasteiger partial charge < -0.3 is 0 Å². The van der Waals surface area contributed by atoms with E-state index in [2.05, 4.69) is 9.98 Å². The molecule has 1 aromatic carbocycles. The highest BCUT2D eigenvalue weighted by molar-refractivity contribution is 7.09. The number of aromatic nitrogens is 1. The van der Waals surface area contributed by atoms with Crippen molar-refractivity contribution in [3.63, 3.8) is 0 Å². The fourth-order valence-corrected chi connectivity index (χ4v) is 3.35. The van der Waals surface area contributed by atoms with Crippen LogP contribution in [0.5, 0.6) is 0 Å². The second kappa shape index (κ2) is 5.46. The molecule has 3 nitrogen and oxygen atoms in total. The quantitative estimate of drug-likeness (QED) is 0.633. The first kappa shape index (κ1) is 13.5. The Hall–Kier alpha value is -1.52. The van der Waals surface area contributed by atoms with Crippen molar-refractivity contribution in [2.45, 2.75) is 19.3 Å². The zero-order valence-electron chi connectivity index (χ0n) is 11.0. The first-order valence-electron chi connectivity index (χ1n) is 6.34. The molecule has 0 aliphatic carbocycles. The Morgan fingerprint density at radius 2 is 2.30 bits per heavy atom. The minimum absolute atomic E-state index is 0.0728. The number of carbonyl (C=O) groups excluding carboxylic acids is 1. The molecule has 0 N–H and O–H groups in total. The molecule has 0 bridgehead atoms. The normalized spacial score (nSPS) is 16.9. The van der Waals surface area contributed by atoms with Crippen LogP contribution in [0.3, 0.4) is 0 Å². The molecule has 2 aromatic rings. The van der Waals surface area contributed by atoms with Gasteiger partial charge in [-0.3, -0.25) is 14.8 Å². The van der Waals surface area contributed by atoms with Gasteiger partial charge in [0.1, 0.15) is 0 Å². The molecule has 0 spiro atoms. The zero-order chi connectivity index (χ0) is 14.1. The highest BCUT2D eigenvalue weighted by atomic mass is 35.5. The molecule has 0 amide bonds. The van der Waals surface area contributed by atoms with Gasteiger partial charge in [0.2, 0.25) is 0 Å². The molecule has 1 aliphatic rings. The smallest absolute Gasteiger partial charge is 0.159 e. The van der Waals surface area contributed by atoms with Crippen LogP contribution in [-0.2, 0) is 6.42 Å². The Morgan fingerprint density at radius 1 is 1.45 bits per heavy atom. The summed E-state index contributed by atoms with van der Waals surface area (Å²) in [6, 6.07) is 5.68. The van der Waals surface area contributed by atoms with Crippen molar-refractivity contribution < 1.29 is 4.79 Å². The number of hydrogen-bond donors (Lipinski definition) is 0. The largest absolute Gasteiger partial charge is 0.295 e. The number of halogens is 1. The van der Waals surface area contributed by atoms with Gasteiger partial charge in [0.25, 0.3) is 0 Å². The lowest BCUT2D eigenvalue weighted by molar-refractivity contribution is 0.101. The SMILES string of the molecule is CC(=O)c1ccc2c(c1)C(Cc1cncs1)C(CCl)=N2. The molecule has 1 aromatic heterocycles. The second-order valence-corrected chi connectivity index (χ2v) is 6.03. The number of rotatable bonds is 4. The van der Waals surface area contributed by atoms with Crippen molar-refractivity contribution in [2.24, 2.45) is 4.99 Å². The Balaban J connectivity index is 1.99. The van der Waals surface area contributed by atoms with Gasteiger partial charge in [-0.1, -0.05) is 0 Å². The van der Waals surface area contributed by atoms with E-state index in [0.717, 1.165) is 28.9 Å². The number of alkyl halides is 1. The molecule has 0 radical (unpaired) electrons. The Morgan fingerprint density at radius 3 is 2.95 bits per heavy atom. The molecular formula is C15H13ClN2OS. The average Bonchev–Trinajstić information content (AvgIpc) is 3.06. The predicted octanol–water partition coefficient (Wildman–Crippen LogP) is 4.00. The lowest BCUT2D eigenvalue weighted by atomic mass is 9.91. The maximum absolute atomic E-state index is 11.5. The summed E-state index contributed by atoms with van der Waals surface area (Å²) in [7, 11) is 0. The van der Waals surface area contributed by atoms with Gasteiger partial charge in [-0.2, -0.15) is 0 Å². The van der Waals surface area contributed by atoms with Gasteiger partial charge in [-0.05, 0) is 37.1 Å². The summed E-state index contributed by atoms with van der Waals surface area (Å²) >= 11 is 7.66. The van der Waals surface area contributed by atoms with Crippen LogP contribution < -0.4 is 0 Å². The third-order valence-electron chi connectivity index (χ3n) is 3.50. The van der Waals surface area contributed by atoms with E-state index >= 15 is 0 Å². The number of fused-ring (bicyclic) bond motifs is 1. The molecule has 0 saturated carbocycles. The molecule has 0 fully saturated rings. The molecule has 2 heterocycles. The van der Waals surface area contributed by atoms with Gasteiger partial charge in [0.15, 0.2) is 5.78 Å². The number of ketones is 1. The number of benzene rings is 1. The van der Waals surface area contributed by atoms with E-state index in [1.807, 2.05) is 29.9 Å². The highest BCUT2D eigenvalue weighted by Gasteiger charge is 2.27. The number of nitrogens with zero attached hydrogens (tertiary/aromatic N) is 2. The molecule has 5 heteroatoms. The average molecular weight is 305 g/mol. The Labute approximate surface area is 126 Å². The molecule has 1 aliphatic heterocycles. The van der Waals surface area contributed by atoms with Crippen LogP contribution in [0.25, 0.3) is 0 Å². The minimum Gasteiger partial charge on any atom is -0.295 e. The van der Waals surface area contributed by atoms with Crippen molar-refractivity contribution in [3.8, 4) is 0 Å². The zero-order valence-corrected chi connectivity index (χ0v) is 12.5. The van der Waals surface area contributed by atoms with Crippen molar-refractivity contribution in [2.75, 3.05) is 5.88 Å². The van der Waals surface area contributed by atoms with Crippen LogP contribution >= 0.6 is 22.9 Å². The van der Waals surface area contributed by atoms with Crippen LogP contribution in [0.15, 0.2) is 34.9 Å². The molecule has 1 atom stereocenters. The molecule has 1 unspecified atom stereocenters. The summed E-state index contributed by atoms with van der Waals surface area (Å²) in [6.07, 6.45) is 2.72. The summed E-state index contributed by atoms with van der Waals surface area (Å²) in [5.41, 5.74) is 5.55. The summed E-state index contributed by atoms with van der Waals surface area (Å²) < 4.78 is 0. The number of Topliss-reactive ketones (excluding diaryl/α,β-unsaturated/α-hetero) is 1.